The summed E-state index contributed by atoms with van der Waals surface area (Å²) in [6.45, 7) is 24.6. The van der Waals surface area contributed by atoms with Gasteiger partial charge >= 0.3 is 5.97 Å². The molecule has 2 saturated carbocycles. The topological polar surface area (TPSA) is 65.0 Å². The maximum absolute atomic E-state index is 12.7. The van der Waals surface area contributed by atoms with Crippen LogP contribution in [-0.2, 0) is 18.4 Å². The molecule has 0 heterocycles. The van der Waals surface area contributed by atoms with Crippen LogP contribution in [0.2, 0.25) is 36.3 Å². The van der Waals surface area contributed by atoms with Gasteiger partial charge in [0.15, 0.2) is 16.6 Å². The molecular formula is C39H68O5Si2. The largest absolute Gasteiger partial charge is 0.458 e. The summed E-state index contributed by atoms with van der Waals surface area (Å²) in [4.78, 5) is 12.7. The summed E-state index contributed by atoms with van der Waals surface area (Å²) in [7, 11) is -3.61. The Morgan fingerprint density at radius 1 is 0.957 bits per heavy atom. The third kappa shape index (κ3) is 7.15. The second-order valence-electron chi connectivity index (χ2n) is 16.3. The molecule has 4 aliphatic carbocycles. The van der Waals surface area contributed by atoms with Gasteiger partial charge < -0.3 is 18.7 Å². The maximum Gasteiger partial charge on any atom is 0.306 e. The zero-order valence-corrected chi connectivity index (χ0v) is 33.4. The summed E-state index contributed by atoms with van der Waals surface area (Å²) in [5, 5.41) is 10.1. The van der Waals surface area contributed by atoms with E-state index in [9.17, 15) is 9.90 Å². The third-order valence-electron chi connectivity index (χ3n) is 13.6. The summed E-state index contributed by atoms with van der Waals surface area (Å²) in [6.07, 6.45) is 13.5. The van der Waals surface area contributed by atoms with Gasteiger partial charge in [0.2, 0.25) is 0 Å². The van der Waals surface area contributed by atoms with Crippen LogP contribution in [0.5, 0.6) is 0 Å². The molecule has 0 unspecified atom stereocenters. The minimum absolute atomic E-state index is 0.0139. The Morgan fingerprint density at radius 2 is 1.54 bits per heavy atom. The predicted molar refractivity (Wildman–Crippen MR) is 196 cm³/mol. The number of ether oxygens (including phenoxy) is 1. The lowest BCUT2D eigenvalue weighted by atomic mass is 9.49. The molecule has 4 rings (SSSR count). The molecule has 262 valence electrons. The highest BCUT2D eigenvalue weighted by molar-refractivity contribution is 6.74. The van der Waals surface area contributed by atoms with Crippen LogP contribution in [0.15, 0.2) is 34.9 Å². The Balaban J connectivity index is 1.64. The van der Waals surface area contributed by atoms with Gasteiger partial charge in [0.05, 0.1) is 17.8 Å². The summed E-state index contributed by atoms with van der Waals surface area (Å²) in [5.41, 5.74) is 3.54. The number of allylic oxidation sites excluding steroid dienone is 4. The van der Waals surface area contributed by atoms with Gasteiger partial charge in [-0.15, -0.1) is 0 Å². The van der Waals surface area contributed by atoms with Crippen molar-refractivity contribution in [2.24, 2.45) is 22.7 Å². The molecule has 0 saturated heterocycles. The van der Waals surface area contributed by atoms with E-state index in [4.69, 9.17) is 13.6 Å². The van der Waals surface area contributed by atoms with E-state index in [0.29, 0.717) is 18.3 Å². The summed E-state index contributed by atoms with van der Waals surface area (Å²) in [6, 6.07) is 7.06. The maximum atomic E-state index is 12.7. The lowest BCUT2D eigenvalue weighted by Gasteiger charge is -2.59. The first kappa shape index (κ1) is 37.8. The fourth-order valence-corrected chi connectivity index (χ4v) is 15.7. The van der Waals surface area contributed by atoms with E-state index in [-0.39, 0.29) is 41.5 Å². The molecule has 0 bridgehead atoms. The van der Waals surface area contributed by atoms with Gasteiger partial charge in [-0.25, -0.2) is 0 Å². The third-order valence-corrected chi connectivity index (χ3v) is 23.0. The van der Waals surface area contributed by atoms with Crippen LogP contribution in [0.3, 0.4) is 0 Å². The monoisotopic (exact) mass is 672 g/mol. The van der Waals surface area contributed by atoms with Gasteiger partial charge in [-0.3, -0.25) is 4.79 Å². The molecule has 7 atom stereocenters. The molecule has 0 spiro atoms. The van der Waals surface area contributed by atoms with Crippen molar-refractivity contribution in [1.29, 1.82) is 0 Å². The van der Waals surface area contributed by atoms with Crippen LogP contribution in [0, 0.1) is 22.7 Å². The highest BCUT2D eigenvalue weighted by Gasteiger charge is 2.59. The van der Waals surface area contributed by atoms with Crippen molar-refractivity contribution in [2.45, 2.75) is 181 Å². The van der Waals surface area contributed by atoms with Crippen molar-refractivity contribution in [3.05, 3.63) is 34.9 Å². The van der Waals surface area contributed by atoms with E-state index < -0.39 is 22.2 Å². The smallest absolute Gasteiger partial charge is 0.306 e. The van der Waals surface area contributed by atoms with Gasteiger partial charge in [0.25, 0.3) is 0 Å². The molecule has 7 heteroatoms. The van der Waals surface area contributed by atoms with E-state index in [1.165, 1.54) is 41.8 Å². The van der Waals surface area contributed by atoms with E-state index in [1.807, 2.05) is 6.92 Å². The highest BCUT2D eigenvalue weighted by atomic mass is 28.4. The normalized spacial score (nSPS) is 32.0. The second kappa shape index (κ2) is 14.5. The lowest BCUT2D eigenvalue weighted by Crippen LogP contribution is -2.57. The zero-order valence-electron chi connectivity index (χ0n) is 31.4. The first-order valence-electron chi connectivity index (χ1n) is 19.0. The van der Waals surface area contributed by atoms with Crippen LogP contribution >= 0.6 is 0 Å². The van der Waals surface area contributed by atoms with Gasteiger partial charge in [0.1, 0.15) is 6.10 Å². The number of rotatable bonds is 15. The summed E-state index contributed by atoms with van der Waals surface area (Å²) >= 11 is 0. The van der Waals surface area contributed by atoms with E-state index in [1.54, 1.807) is 25.0 Å². The Morgan fingerprint density at radius 3 is 2.11 bits per heavy atom. The van der Waals surface area contributed by atoms with Crippen LogP contribution in [0.1, 0.15) is 121 Å². The molecule has 0 amide bonds. The Hall–Kier alpha value is -0.996. The van der Waals surface area contributed by atoms with Crippen LogP contribution in [-0.4, -0.2) is 51.6 Å². The quantitative estimate of drug-likeness (QED) is 0.107. The van der Waals surface area contributed by atoms with Crippen LogP contribution in [0.4, 0.5) is 0 Å². The Kier molecular flexibility index (Phi) is 11.9. The molecule has 0 aromatic heterocycles. The molecule has 4 aliphatic rings. The van der Waals surface area contributed by atoms with Crippen LogP contribution < -0.4 is 0 Å². The fraction of sp³-hybridized carbons (Fsp3) is 0.821. The molecule has 1 N–H and O–H groups in total. The number of fused-ring (bicyclic) bond motifs is 5. The molecule has 5 nitrogen and oxygen atoms in total. The molecular weight excluding hydrogens is 605 g/mol. The van der Waals surface area contributed by atoms with E-state index in [0.717, 1.165) is 32.1 Å². The molecule has 0 aliphatic heterocycles. The number of hydrogen-bond donors (Lipinski definition) is 1. The number of hydrogen-bond acceptors (Lipinski definition) is 5. The first-order chi connectivity index (χ1) is 21.6. The molecule has 0 radical (unpaired) electrons. The van der Waals surface area contributed by atoms with E-state index >= 15 is 0 Å². The van der Waals surface area contributed by atoms with Gasteiger partial charge in [-0.1, -0.05) is 84.8 Å². The Labute approximate surface area is 284 Å². The predicted octanol–water partition coefficient (Wildman–Crippen LogP) is 10.3. The van der Waals surface area contributed by atoms with Crippen molar-refractivity contribution < 1.29 is 23.5 Å². The number of aliphatic hydroxyl groups is 1. The average molecular weight is 673 g/mol. The summed E-state index contributed by atoms with van der Waals surface area (Å²) < 4.78 is 20.8. The number of esters is 1. The van der Waals surface area contributed by atoms with Crippen LogP contribution in [0.25, 0.3) is 0 Å². The number of carbonyl (C=O) groups excluding carboxylic acids is 1. The SMILES string of the molecule is CC[Si](CC)(CC)O[C@@H]1CC2=CC=C3[C@H](CC[C@]4(C)C([C@H](C)OC(=O)CCC(C)(C)O)=CC[C@@H]34)[C@@]2(C)[C@@H](O[Si](CC)(CC)CC)C1. The van der Waals surface area contributed by atoms with Crippen molar-refractivity contribution in [1.82, 2.24) is 0 Å². The van der Waals surface area contributed by atoms with Crippen molar-refractivity contribution in [3.8, 4) is 0 Å². The standard InChI is InChI=1S/C39H68O5Si2/c1-12-45(13-2,14-3)43-30-26-29-18-19-31-33-21-20-32(28(7)42-36(40)23-24-37(8,9)41)38(33,10)25-22-34(31)39(29,11)35(27-30)44-46(15-4,16-5)17-6/h18-20,28,30,33-35,41H,12-17,21-27H2,1-11H3/t28-,30+,33-,34-,35-,38+,39-/m0/s1. The first-order valence-corrected chi connectivity index (χ1v) is 24.0. The van der Waals surface area contributed by atoms with E-state index in [2.05, 4.69) is 73.6 Å². The summed E-state index contributed by atoms with van der Waals surface area (Å²) in [5.74, 6) is 0.675. The van der Waals surface area contributed by atoms with Crippen molar-refractivity contribution in [2.75, 3.05) is 0 Å². The average Bonchev–Trinajstić information content (AvgIpc) is 3.39. The lowest BCUT2D eigenvalue weighted by molar-refractivity contribution is -0.148. The van der Waals surface area contributed by atoms with Gasteiger partial charge in [-0.2, -0.15) is 0 Å². The highest BCUT2D eigenvalue weighted by Crippen LogP contribution is 2.65. The van der Waals surface area contributed by atoms with Gasteiger partial charge in [-0.05, 0) is 118 Å². The van der Waals surface area contributed by atoms with Gasteiger partial charge in [0, 0.05) is 11.8 Å². The fourth-order valence-electron chi connectivity index (χ4n) is 9.90. The minimum Gasteiger partial charge on any atom is -0.458 e. The molecule has 0 aromatic rings. The number of carbonyl (C=O) groups is 1. The molecule has 0 aromatic carbocycles. The second-order valence-corrected chi connectivity index (χ2v) is 25.8. The molecule has 46 heavy (non-hydrogen) atoms. The molecule has 2 fully saturated rings. The van der Waals surface area contributed by atoms with Crippen molar-refractivity contribution >= 4 is 22.6 Å². The minimum atomic E-state index is -1.86. The zero-order chi connectivity index (χ0) is 34.1. The van der Waals surface area contributed by atoms with Crippen molar-refractivity contribution in [3.63, 3.8) is 0 Å². The Bertz CT molecular complexity index is 1160.